The van der Waals surface area contributed by atoms with E-state index in [0.29, 0.717) is 5.57 Å². The zero-order valence-electron chi connectivity index (χ0n) is 7.91. The number of nitrogens with one attached hydrogen (secondary N) is 1. The highest BCUT2D eigenvalue weighted by molar-refractivity contribution is 7.19. The van der Waals surface area contributed by atoms with Crippen LogP contribution < -0.4 is 4.98 Å². The van der Waals surface area contributed by atoms with Gasteiger partial charge >= 0.3 is 0 Å². The number of carbonyl (C=O) groups excluding carboxylic acids is 1. The van der Waals surface area contributed by atoms with Gasteiger partial charge in [0.05, 0.1) is 0 Å². The first-order valence-corrected chi connectivity index (χ1v) is 7.54. The van der Waals surface area contributed by atoms with Gasteiger partial charge in [0.15, 0.2) is 0 Å². The molecule has 0 atom stereocenters. The average Bonchev–Trinajstić information content (AvgIpc) is 2.04. The van der Waals surface area contributed by atoms with Crippen LogP contribution in [-0.4, -0.2) is 13.5 Å². The van der Waals surface area contributed by atoms with Crippen LogP contribution in [0.15, 0.2) is 12.2 Å². The largest absolute Gasteiger partial charge is 0.365 e. The van der Waals surface area contributed by atoms with Gasteiger partial charge in [0.2, 0.25) is 5.91 Å². The molecule has 0 radical (unpaired) electrons. The van der Waals surface area contributed by atoms with Crippen molar-refractivity contribution >= 4 is 24.5 Å². The van der Waals surface area contributed by atoms with E-state index in [-0.39, 0.29) is 5.91 Å². The third kappa shape index (κ3) is 3.41. The molecule has 1 amide bonds. The molecule has 0 rings (SSSR count). The van der Waals surface area contributed by atoms with Crippen LogP contribution in [0, 0.1) is 0 Å². The van der Waals surface area contributed by atoms with Gasteiger partial charge in [-0.2, -0.15) is 0 Å². The summed E-state index contributed by atoms with van der Waals surface area (Å²) >= 11 is 6.21. The van der Waals surface area contributed by atoms with E-state index in [0.717, 1.165) is 12.1 Å². The Kier molecular flexibility index (Phi) is 4.56. The van der Waals surface area contributed by atoms with E-state index in [9.17, 15) is 4.79 Å². The molecular formula is C8H16ClNOSi. The minimum absolute atomic E-state index is 0.111. The molecule has 70 valence electrons. The van der Waals surface area contributed by atoms with Crippen molar-refractivity contribution in [3.05, 3.63) is 12.2 Å². The molecule has 0 bridgehead atoms. The second-order valence-corrected chi connectivity index (χ2v) is 8.67. The summed E-state index contributed by atoms with van der Waals surface area (Å²) in [7, 11) is -2.01. The lowest BCUT2D eigenvalue weighted by atomic mass is 10.3. The fraction of sp³-hybridized carbons (Fsp3) is 0.625. The molecule has 0 fully saturated rings. The van der Waals surface area contributed by atoms with E-state index in [2.05, 4.69) is 11.6 Å². The predicted octanol–water partition coefficient (Wildman–Crippen LogP) is 2.40. The van der Waals surface area contributed by atoms with E-state index in [4.69, 9.17) is 11.1 Å². The van der Waals surface area contributed by atoms with Crippen molar-refractivity contribution in [1.82, 2.24) is 4.98 Å². The summed E-state index contributed by atoms with van der Waals surface area (Å²) in [5, 5.41) is 0. The normalized spacial score (nSPS) is 11.0. The van der Waals surface area contributed by atoms with Crippen molar-refractivity contribution in [1.29, 1.82) is 0 Å². The predicted molar refractivity (Wildman–Crippen MR) is 55.5 cm³/mol. The molecular weight excluding hydrogens is 190 g/mol. The van der Waals surface area contributed by atoms with Crippen molar-refractivity contribution in [3.63, 3.8) is 0 Å². The Morgan fingerprint density at radius 3 is 2.17 bits per heavy atom. The molecule has 2 nitrogen and oxygen atoms in total. The summed E-state index contributed by atoms with van der Waals surface area (Å²) in [6.07, 6.45) is 0. The Bertz CT molecular complexity index is 189. The topological polar surface area (TPSA) is 29.1 Å². The summed E-state index contributed by atoms with van der Waals surface area (Å²) < 4.78 is 0. The van der Waals surface area contributed by atoms with Gasteiger partial charge in [0.1, 0.15) is 0 Å². The number of hydrogen-bond donors (Lipinski definition) is 1. The van der Waals surface area contributed by atoms with Crippen LogP contribution in [0.3, 0.4) is 0 Å². The first kappa shape index (κ1) is 11.7. The van der Waals surface area contributed by atoms with E-state index < -0.39 is 7.55 Å². The summed E-state index contributed by atoms with van der Waals surface area (Å²) in [4.78, 5) is 14.1. The van der Waals surface area contributed by atoms with Crippen LogP contribution in [0.5, 0.6) is 0 Å². The fourth-order valence-electron chi connectivity index (χ4n) is 0.737. The lowest BCUT2D eigenvalue weighted by Gasteiger charge is -2.22. The molecule has 0 spiro atoms. The highest BCUT2D eigenvalue weighted by atomic mass is 35.6. The Labute approximate surface area is 79.8 Å². The number of amides is 1. The van der Waals surface area contributed by atoms with Gasteiger partial charge in [0.25, 0.3) is 7.55 Å². The van der Waals surface area contributed by atoms with E-state index >= 15 is 0 Å². The molecule has 0 aromatic rings. The Morgan fingerprint density at radius 2 is 1.92 bits per heavy atom. The van der Waals surface area contributed by atoms with Crippen molar-refractivity contribution in [3.8, 4) is 0 Å². The Balaban J connectivity index is 4.21. The summed E-state index contributed by atoms with van der Waals surface area (Å²) in [6, 6.07) is 1.70. The maximum absolute atomic E-state index is 11.2. The third-order valence-corrected chi connectivity index (χ3v) is 6.65. The zero-order valence-corrected chi connectivity index (χ0v) is 9.66. The van der Waals surface area contributed by atoms with Crippen molar-refractivity contribution in [2.75, 3.05) is 0 Å². The van der Waals surface area contributed by atoms with Gasteiger partial charge in [0, 0.05) is 5.57 Å². The molecule has 0 heterocycles. The average molecular weight is 206 g/mol. The minimum Gasteiger partial charge on any atom is -0.365 e. The molecule has 0 saturated heterocycles. The highest BCUT2D eigenvalue weighted by Gasteiger charge is 2.28. The molecule has 12 heavy (non-hydrogen) atoms. The molecule has 0 aliphatic carbocycles. The van der Waals surface area contributed by atoms with Crippen molar-refractivity contribution < 1.29 is 4.79 Å². The van der Waals surface area contributed by atoms with E-state index in [1.165, 1.54) is 0 Å². The van der Waals surface area contributed by atoms with Gasteiger partial charge in [-0.25, -0.2) is 0 Å². The lowest BCUT2D eigenvalue weighted by Crippen LogP contribution is -2.47. The molecule has 0 saturated carbocycles. The maximum Gasteiger partial charge on any atom is 0.255 e. The number of rotatable bonds is 4. The van der Waals surface area contributed by atoms with Crippen LogP contribution in [0.25, 0.3) is 0 Å². The second kappa shape index (κ2) is 4.67. The fourth-order valence-corrected chi connectivity index (χ4v) is 2.47. The maximum atomic E-state index is 11.2. The van der Waals surface area contributed by atoms with E-state index in [1.54, 1.807) is 6.92 Å². The summed E-state index contributed by atoms with van der Waals surface area (Å²) in [5.74, 6) is -0.111. The van der Waals surface area contributed by atoms with Crippen LogP contribution in [-0.2, 0) is 4.79 Å². The first-order valence-electron chi connectivity index (χ1n) is 4.12. The Hall–Kier alpha value is -0.283. The molecule has 4 heteroatoms. The van der Waals surface area contributed by atoms with Crippen molar-refractivity contribution in [2.45, 2.75) is 32.9 Å². The minimum atomic E-state index is -2.01. The molecule has 1 N–H and O–H groups in total. The molecule has 0 unspecified atom stereocenters. The van der Waals surface area contributed by atoms with Gasteiger partial charge in [-0.1, -0.05) is 20.4 Å². The Morgan fingerprint density at radius 1 is 1.50 bits per heavy atom. The highest BCUT2D eigenvalue weighted by Crippen LogP contribution is 2.16. The standard InChI is InChI=1S/C8H16ClNOSi/c1-5-12(9,6-2)10-8(11)7(3)4/h3,5-6H2,1-2,4H3,(H,10,11). The van der Waals surface area contributed by atoms with Gasteiger partial charge < -0.3 is 4.98 Å². The first-order chi connectivity index (χ1) is 5.45. The summed E-state index contributed by atoms with van der Waals surface area (Å²) in [5.41, 5.74) is 0.523. The summed E-state index contributed by atoms with van der Waals surface area (Å²) in [6.45, 7) is 9.25. The van der Waals surface area contributed by atoms with Crippen molar-refractivity contribution in [2.24, 2.45) is 0 Å². The molecule has 0 aliphatic rings. The zero-order chi connectivity index (χ0) is 9.78. The van der Waals surface area contributed by atoms with Gasteiger partial charge in [-0.05, 0) is 19.0 Å². The third-order valence-electron chi connectivity index (χ3n) is 1.85. The lowest BCUT2D eigenvalue weighted by molar-refractivity contribution is -0.116. The SMILES string of the molecule is C=C(C)C(=O)N[Si](Cl)(CC)CC. The molecule has 0 aromatic carbocycles. The quantitative estimate of drug-likeness (QED) is 0.426. The van der Waals surface area contributed by atoms with Crippen LogP contribution in [0.4, 0.5) is 0 Å². The van der Waals surface area contributed by atoms with Crippen LogP contribution in [0.1, 0.15) is 20.8 Å². The monoisotopic (exact) mass is 205 g/mol. The smallest absolute Gasteiger partial charge is 0.255 e. The number of halogens is 1. The molecule has 0 aliphatic heterocycles. The second-order valence-electron chi connectivity index (χ2n) is 2.91. The van der Waals surface area contributed by atoms with Crippen LogP contribution in [0.2, 0.25) is 12.1 Å². The van der Waals surface area contributed by atoms with Crippen LogP contribution >= 0.6 is 11.1 Å². The van der Waals surface area contributed by atoms with Gasteiger partial charge in [-0.15, -0.1) is 11.1 Å². The molecule has 0 aromatic heterocycles. The van der Waals surface area contributed by atoms with E-state index in [1.807, 2.05) is 13.8 Å². The number of carbonyl (C=O) groups is 1. The van der Waals surface area contributed by atoms with Gasteiger partial charge in [-0.3, -0.25) is 4.79 Å². The number of hydrogen-bond acceptors (Lipinski definition) is 1.